The summed E-state index contributed by atoms with van der Waals surface area (Å²) in [7, 11) is -1.98. The average molecular weight is 320 g/mol. The predicted octanol–water partition coefficient (Wildman–Crippen LogP) is 1.12. The number of unbranched alkanes of at least 4 members (excludes halogenated alkanes) is 1. The molecular weight excluding hydrogens is 292 g/mol. The maximum atomic E-state index is 12.4. The Balaban J connectivity index is 2.54. The van der Waals surface area contributed by atoms with Gasteiger partial charge < -0.3 is 10.1 Å². The highest BCUT2D eigenvalue weighted by molar-refractivity contribution is 7.89. The largest absolute Gasteiger partial charge is 0.469 e. The van der Waals surface area contributed by atoms with E-state index in [1.807, 2.05) is 0 Å². The lowest BCUT2D eigenvalue weighted by Gasteiger charge is -2.25. The van der Waals surface area contributed by atoms with E-state index in [4.69, 9.17) is 0 Å². The summed E-state index contributed by atoms with van der Waals surface area (Å²) in [5, 5.41) is 3.34. The van der Waals surface area contributed by atoms with Crippen molar-refractivity contribution in [3.8, 4) is 0 Å². The van der Waals surface area contributed by atoms with Crippen LogP contribution in [-0.2, 0) is 19.6 Å². The third-order valence-electron chi connectivity index (χ3n) is 3.75. The number of carbonyl (C=O) groups excluding carboxylic acids is 1. The summed E-state index contributed by atoms with van der Waals surface area (Å²) in [4.78, 5) is 11.1. The Labute approximate surface area is 128 Å². The number of hydrogen-bond donors (Lipinski definition) is 1. The van der Waals surface area contributed by atoms with Gasteiger partial charge in [-0.3, -0.25) is 4.79 Å². The number of carbonyl (C=O) groups is 1. The molecule has 1 saturated heterocycles. The summed E-state index contributed by atoms with van der Waals surface area (Å²) in [6.07, 6.45) is 4.43. The fourth-order valence-corrected chi connectivity index (χ4v) is 4.05. The maximum absolute atomic E-state index is 12.4. The van der Waals surface area contributed by atoms with Gasteiger partial charge in [0.15, 0.2) is 0 Å². The van der Waals surface area contributed by atoms with Gasteiger partial charge in [0, 0.05) is 25.6 Å². The van der Waals surface area contributed by atoms with Gasteiger partial charge in [-0.25, -0.2) is 12.7 Å². The van der Waals surface area contributed by atoms with Crippen molar-refractivity contribution in [2.75, 3.05) is 32.5 Å². The van der Waals surface area contributed by atoms with E-state index in [-0.39, 0.29) is 24.2 Å². The number of methoxy groups -OCH3 is 1. The van der Waals surface area contributed by atoms with Gasteiger partial charge in [0.05, 0.1) is 12.9 Å². The van der Waals surface area contributed by atoms with Gasteiger partial charge in [0.2, 0.25) is 10.0 Å². The van der Waals surface area contributed by atoms with Gasteiger partial charge in [-0.05, 0) is 32.2 Å². The standard InChI is InChI=1S/C14H28N2O4S/c1-3-4-10-16(12-13-7-5-9-15-13)21(18,19)11-6-8-14(17)20-2/h13,15H,3-12H2,1-2H3. The van der Waals surface area contributed by atoms with Crippen LogP contribution in [0.25, 0.3) is 0 Å². The Morgan fingerprint density at radius 2 is 2.14 bits per heavy atom. The number of rotatable bonds is 10. The monoisotopic (exact) mass is 320 g/mol. The van der Waals surface area contributed by atoms with E-state index in [9.17, 15) is 13.2 Å². The number of nitrogens with one attached hydrogen (secondary N) is 1. The minimum Gasteiger partial charge on any atom is -0.469 e. The predicted molar refractivity (Wildman–Crippen MR) is 82.5 cm³/mol. The molecule has 6 nitrogen and oxygen atoms in total. The Morgan fingerprint density at radius 1 is 1.38 bits per heavy atom. The van der Waals surface area contributed by atoms with Crippen molar-refractivity contribution in [1.82, 2.24) is 9.62 Å². The molecule has 124 valence electrons. The summed E-state index contributed by atoms with van der Waals surface area (Å²) < 4.78 is 31.0. The molecule has 7 heteroatoms. The lowest BCUT2D eigenvalue weighted by Crippen LogP contribution is -2.42. The minimum absolute atomic E-state index is 0.0124. The summed E-state index contributed by atoms with van der Waals surface area (Å²) >= 11 is 0. The molecule has 0 aliphatic carbocycles. The van der Waals surface area contributed by atoms with E-state index in [2.05, 4.69) is 17.0 Å². The molecule has 0 spiro atoms. The molecule has 21 heavy (non-hydrogen) atoms. The van der Waals surface area contributed by atoms with Crippen LogP contribution in [0.15, 0.2) is 0 Å². The second kappa shape index (κ2) is 9.38. The molecule has 0 aromatic heterocycles. The summed E-state index contributed by atoms with van der Waals surface area (Å²) in [6.45, 7) is 4.13. The van der Waals surface area contributed by atoms with Crippen LogP contribution < -0.4 is 5.32 Å². The summed E-state index contributed by atoms with van der Waals surface area (Å²) in [6, 6.07) is 0.261. The van der Waals surface area contributed by atoms with Crippen molar-refractivity contribution < 1.29 is 17.9 Å². The van der Waals surface area contributed by atoms with Crippen LogP contribution in [0.3, 0.4) is 0 Å². The first-order chi connectivity index (χ1) is 9.99. The molecular formula is C14H28N2O4S. The third kappa shape index (κ3) is 6.76. The second-order valence-electron chi connectivity index (χ2n) is 5.50. The number of sulfonamides is 1. The van der Waals surface area contributed by atoms with Crippen molar-refractivity contribution in [3.05, 3.63) is 0 Å². The van der Waals surface area contributed by atoms with Crippen LogP contribution >= 0.6 is 0 Å². The lowest BCUT2D eigenvalue weighted by atomic mass is 10.2. The first kappa shape index (κ1) is 18.4. The summed E-state index contributed by atoms with van der Waals surface area (Å²) in [5.41, 5.74) is 0. The second-order valence-corrected chi connectivity index (χ2v) is 7.59. The zero-order valence-electron chi connectivity index (χ0n) is 13.1. The van der Waals surface area contributed by atoms with Gasteiger partial charge in [0.1, 0.15) is 0 Å². The van der Waals surface area contributed by atoms with Gasteiger partial charge >= 0.3 is 5.97 Å². The molecule has 0 bridgehead atoms. The van der Waals surface area contributed by atoms with E-state index in [0.29, 0.717) is 19.5 Å². The number of esters is 1. The zero-order valence-corrected chi connectivity index (χ0v) is 14.0. The molecule has 1 aliphatic heterocycles. The average Bonchev–Trinajstić information content (AvgIpc) is 2.95. The molecule has 1 heterocycles. The fourth-order valence-electron chi connectivity index (χ4n) is 2.47. The van der Waals surface area contributed by atoms with E-state index in [1.54, 1.807) is 4.31 Å². The highest BCUT2D eigenvalue weighted by atomic mass is 32.2. The Morgan fingerprint density at radius 3 is 2.71 bits per heavy atom. The quantitative estimate of drug-likeness (QED) is 0.611. The Bertz CT molecular complexity index is 405. The van der Waals surface area contributed by atoms with Crippen LogP contribution in [0, 0.1) is 0 Å². The van der Waals surface area contributed by atoms with Gasteiger partial charge in [-0.2, -0.15) is 0 Å². The van der Waals surface area contributed by atoms with Crippen LogP contribution in [0.1, 0.15) is 45.4 Å². The van der Waals surface area contributed by atoms with E-state index >= 15 is 0 Å². The lowest BCUT2D eigenvalue weighted by molar-refractivity contribution is -0.140. The molecule has 0 radical (unpaired) electrons. The molecule has 0 saturated carbocycles. The SMILES string of the molecule is CCCCN(CC1CCCN1)S(=O)(=O)CCCC(=O)OC. The molecule has 1 rings (SSSR count). The topological polar surface area (TPSA) is 75.7 Å². The van der Waals surface area contributed by atoms with E-state index < -0.39 is 10.0 Å². The molecule has 1 fully saturated rings. The normalized spacial score (nSPS) is 19.1. The number of ether oxygens (including phenoxy) is 1. The van der Waals surface area contributed by atoms with Crippen LogP contribution in [0.2, 0.25) is 0 Å². The third-order valence-corrected chi connectivity index (χ3v) is 5.67. The molecule has 0 aromatic carbocycles. The molecule has 1 aliphatic rings. The van der Waals surface area contributed by atoms with Crippen LogP contribution in [0.5, 0.6) is 0 Å². The van der Waals surface area contributed by atoms with Gasteiger partial charge in [-0.1, -0.05) is 13.3 Å². The van der Waals surface area contributed by atoms with Crippen molar-refractivity contribution >= 4 is 16.0 Å². The fraction of sp³-hybridized carbons (Fsp3) is 0.929. The van der Waals surface area contributed by atoms with Crippen LogP contribution in [-0.4, -0.2) is 57.2 Å². The molecule has 1 N–H and O–H groups in total. The first-order valence-corrected chi connectivity index (χ1v) is 9.38. The zero-order chi connectivity index (χ0) is 15.7. The molecule has 1 unspecified atom stereocenters. The van der Waals surface area contributed by atoms with Crippen molar-refractivity contribution in [2.45, 2.75) is 51.5 Å². The van der Waals surface area contributed by atoms with E-state index in [1.165, 1.54) is 7.11 Å². The van der Waals surface area contributed by atoms with Gasteiger partial charge in [-0.15, -0.1) is 0 Å². The minimum atomic E-state index is -3.30. The first-order valence-electron chi connectivity index (χ1n) is 7.77. The number of nitrogens with zero attached hydrogens (tertiary/aromatic N) is 1. The molecule has 0 amide bonds. The smallest absolute Gasteiger partial charge is 0.305 e. The van der Waals surface area contributed by atoms with Crippen LogP contribution in [0.4, 0.5) is 0 Å². The van der Waals surface area contributed by atoms with Crippen molar-refractivity contribution in [2.24, 2.45) is 0 Å². The summed E-state index contributed by atoms with van der Waals surface area (Å²) in [5.74, 6) is -0.346. The van der Waals surface area contributed by atoms with Crippen molar-refractivity contribution in [3.63, 3.8) is 0 Å². The van der Waals surface area contributed by atoms with E-state index in [0.717, 1.165) is 32.2 Å². The maximum Gasteiger partial charge on any atom is 0.305 e. The highest BCUT2D eigenvalue weighted by Gasteiger charge is 2.26. The molecule has 1 atom stereocenters. The Hall–Kier alpha value is -0.660. The Kier molecular flexibility index (Phi) is 8.21. The van der Waals surface area contributed by atoms with Gasteiger partial charge in [0.25, 0.3) is 0 Å². The number of hydrogen-bond acceptors (Lipinski definition) is 5. The molecule has 0 aromatic rings. The van der Waals surface area contributed by atoms with Crippen molar-refractivity contribution in [1.29, 1.82) is 0 Å². The highest BCUT2D eigenvalue weighted by Crippen LogP contribution is 2.13.